The summed E-state index contributed by atoms with van der Waals surface area (Å²) in [5.41, 5.74) is 0.921. The molecule has 2 fully saturated rings. The smallest absolute Gasteiger partial charge is 0.0852 e. The molecule has 1 aliphatic heterocycles. The van der Waals surface area contributed by atoms with Gasteiger partial charge in [0.2, 0.25) is 0 Å². The van der Waals surface area contributed by atoms with E-state index in [9.17, 15) is 5.26 Å². The fourth-order valence-electron chi connectivity index (χ4n) is 3.86. The second-order valence-electron chi connectivity index (χ2n) is 6.74. The van der Waals surface area contributed by atoms with Gasteiger partial charge in [-0.25, -0.2) is 0 Å². The molecule has 1 N–H and O–H groups in total. The van der Waals surface area contributed by atoms with E-state index in [4.69, 9.17) is 0 Å². The third-order valence-electron chi connectivity index (χ3n) is 4.98. The maximum atomic E-state index is 9.59. The van der Waals surface area contributed by atoms with Crippen molar-refractivity contribution in [1.29, 1.82) is 5.26 Å². The summed E-state index contributed by atoms with van der Waals surface area (Å²) in [5.74, 6) is 0. The lowest BCUT2D eigenvalue weighted by Crippen LogP contribution is -2.54. The maximum Gasteiger partial charge on any atom is 0.0852 e. The van der Waals surface area contributed by atoms with Crippen LogP contribution in [0.2, 0.25) is 0 Å². The number of nitrogens with one attached hydrogen (secondary N) is 1. The first-order valence-corrected chi connectivity index (χ1v) is 8.17. The Morgan fingerprint density at radius 2 is 1.95 bits per heavy atom. The Hall–Kier alpha value is -1.37. The second-order valence-corrected chi connectivity index (χ2v) is 6.74. The van der Waals surface area contributed by atoms with Gasteiger partial charge in [0.25, 0.3) is 0 Å². The lowest BCUT2D eigenvalue weighted by Gasteiger charge is -2.44. The summed E-state index contributed by atoms with van der Waals surface area (Å²) in [6.07, 6.45) is 4.58. The van der Waals surface area contributed by atoms with E-state index < -0.39 is 0 Å². The average molecular weight is 283 g/mol. The van der Waals surface area contributed by atoms with E-state index in [2.05, 4.69) is 35.3 Å². The maximum absolute atomic E-state index is 9.59. The van der Waals surface area contributed by atoms with Gasteiger partial charge in [-0.05, 0) is 51.3 Å². The molecular weight excluding hydrogens is 258 g/mol. The van der Waals surface area contributed by atoms with Crippen LogP contribution >= 0.6 is 0 Å². The molecule has 112 valence electrons. The number of likely N-dealkylation sites (tertiary alicyclic amines) is 1. The van der Waals surface area contributed by atoms with Gasteiger partial charge in [-0.15, -0.1) is 0 Å². The number of hydrogen-bond donors (Lipinski definition) is 1. The minimum atomic E-state index is -0.258. The van der Waals surface area contributed by atoms with Crippen molar-refractivity contribution in [3.05, 3.63) is 35.9 Å². The first kappa shape index (κ1) is 14.6. The standard InChI is InChI=1S/C18H25N3/c1-15(13-21-9-5-6-10-21)20-17-11-18(12-17,14-19)16-7-3-2-4-8-16/h2-4,7-8,15,17,20H,5-6,9-13H2,1H3. The summed E-state index contributed by atoms with van der Waals surface area (Å²) in [6, 6.07) is 13.8. The molecule has 2 aliphatic rings. The minimum Gasteiger partial charge on any atom is -0.310 e. The number of rotatable bonds is 5. The zero-order valence-electron chi connectivity index (χ0n) is 12.9. The molecule has 1 aromatic rings. The normalized spacial score (nSPS) is 30.6. The van der Waals surface area contributed by atoms with Gasteiger partial charge < -0.3 is 10.2 Å². The SMILES string of the molecule is CC(CN1CCCC1)NC1CC(C#N)(c2ccccc2)C1. The van der Waals surface area contributed by atoms with Gasteiger partial charge >= 0.3 is 0 Å². The van der Waals surface area contributed by atoms with Crippen LogP contribution in [0.5, 0.6) is 0 Å². The number of benzene rings is 1. The quantitative estimate of drug-likeness (QED) is 0.903. The van der Waals surface area contributed by atoms with Crippen LogP contribution in [0.3, 0.4) is 0 Å². The zero-order chi connectivity index (χ0) is 14.7. The molecule has 21 heavy (non-hydrogen) atoms. The van der Waals surface area contributed by atoms with Crippen molar-refractivity contribution in [3.8, 4) is 6.07 Å². The molecule has 3 rings (SSSR count). The summed E-state index contributed by atoms with van der Waals surface area (Å²) in [7, 11) is 0. The first-order valence-electron chi connectivity index (χ1n) is 8.17. The minimum absolute atomic E-state index is 0.258. The van der Waals surface area contributed by atoms with E-state index in [1.165, 1.54) is 31.5 Å². The lowest BCUT2D eigenvalue weighted by molar-refractivity contribution is 0.194. The summed E-state index contributed by atoms with van der Waals surface area (Å²) >= 11 is 0. The van der Waals surface area contributed by atoms with Gasteiger partial charge in [-0.2, -0.15) is 5.26 Å². The van der Waals surface area contributed by atoms with Crippen molar-refractivity contribution in [1.82, 2.24) is 10.2 Å². The van der Waals surface area contributed by atoms with Crippen LogP contribution in [-0.4, -0.2) is 36.6 Å². The zero-order valence-corrected chi connectivity index (χ0v) is 12.9. The van der Waals surface area contributed by atoms with Crippen molar-refractivity contribution >= 4 is 0 Å². The van der Waals surface area contributed by atoms with Crippen LogP contribution < -0.4 is 5.32 Å². The third-order valence-corrected chi connectivity index (χ3v) is 4.98. The summed E-state index contributed by atoms with van der Waals surface area (Å²) in [6.45, 7) is 5.92. The molecule has 1 unspecified atom stereocenters. The van der Waals surface area contributed by atoms with Crippen LogP contribution in [0, 0.1) is 11.3 Å². The molecular formula is C18H25N3. The van der Waals surface area contributed by atoms with E-state index in [0.29, 0.717) is 12.1 Å². The second kappa shape index (κ2) is 6.17. The molecule has 1 heterocycles. The van der Waals surface area contributed by atoms with E-state index in [1.54, 1.807) is 0 Å². The Balaban J connectivity index is 1.51. The molecule has 0 bridgehead atoms. The van der Waals surface area contributed by atoms with Crippen molar-refractivity contribution in [2.75, 3.05) is 19.6 Å². The highest BCUT2D eigenvalue weighted by Crippen LogP contribution is 2.43. The van der Waals surface area contributed by atoms with Crippen LogP contribution in [0.25, 0.3) is 0 Å². The Kier molecular flexibility index (Phi) is 4.28. The van der Waals surface area contributed by atoms with Crippen LogP contribution in [0.4, 0.5) is 0 Å². The molecule has 1 atom stereocenters. The fraction of sp³-hybridized carbons (Fsp3) is 0.611. The van der Waals surface area contributed by atoms with E-state index >= 15 is 0 Å². The predicted molar refractivity (Wildman–Crippen MR) is 85.0 cm³/mol. The van der Waals surface area contributed by atoms with Crippen molar-refractivity contribution in [2.24, 2.45) is 0 Å². The van der Waals surface area contributed by atoms with E-state index in [-0.39, 0.29) is 5.41 Å². The van der Waals surface area contributed by atoms with Crippen molar-refractivity contribution < 1.29 is 0 Å². The molecule has 1 saturated carbocycles. The summed E-state index contributed by atoms with van der Waals surface area (Å²) in [5, 5.41) is 13.3. The molecule has 3 heteroatoms. The Morgan fingerprint density at radius 3 is 2.57 bits per heavy atom. The Labute approximate surface area is 128 Å². The highest BCUT2D eigenvalue weighted by atomic mass is 15.2. The van der Waals surface area contributed by atoms with Gasteiger partial charge in [0, 0.05) is 18.6 Å². The fourth-order valence-corrected chi connectivity index (χ4v) is 3.86. The average Bonchev–Trinajstić information content (AvgIpc) is 2.96. The molecule has 0 aromatic heterocycles. The van der Waals surface area contributed by atoms with Crippen LogP contribution in [0.15, 0.2) is 30.3 Å². The van der Waals surface area contributed by atoms with Crippen molar-refractivity contribution in [3.63, 3.8) is 0 Å². The molecule has 0 radical (unpaired) electrons. The van der Waals surface area contributed by atoms with Crippen LogP contribution in [-0.2, 0) is 5.41 Å². The number of nitrogens with zero attached hydrogens (tertiary/aromatic N) is 2. The summed E-state index contributed by atoms with van der Waals surface area (Å²) in [4.78, 5) is 2.55. The Bertz CT molecular complexity index is 493. The highest BCUT2D eigenvalue weighted by Gasteiger charge is 2.46. The van der Waals surface area contributed by atoms with Gasteiger partial charge in [-0.3, -0.25) is 0 Å². The molecule has 1 saturated heterocycles. The van der Waals surface area contributed by atoms with E-state index in [1.807, 2.05) is 18.2 Å². The third kappa shape index (κ3) is 3.12. The van der Waals surface area contributed by atoms with E-state index in [0.717, 1.165) is 19.4 Å². The summed E-state index contributed by atoms with van der Waals surface area (Å²) < 4.78 is 0. The molecule has 0 spiro atoms. The number of nitriles is 1. The van der Waals surface area contributed by atoms with Gasteiger partial charge in [0.05, 0.1) is 11.5 Å². The molecule has 3 nitrogen and oxygen atoms in total. The van der Waals surface area contributed by atoms with Gasteiger partial charge in [0.15, 0.2) is 0 Å². The highest BCUT2D eigenvalue weighted by molar-refractivity contribution is 5.36. The van der Waals surface area contributed by atoms with Crippen LogP contribution in [0.1, 0.15) is 38.2 Å². The predicted octanol–water partition coefficient (Wildman–Crippen LogP) is 2.68. The van der Waals surface area contributed by atoms with Gasteiger partial charge in [-0.1, -0.05) is 30.3 Å². The molecule has 1 aromatic carbocycles. The van der Waals surface area contributed by atoms with Gasteiger partial charge in [0.1, 0.15) is 0 Å². The molecule has 1 aliphatic carbocycles. The number of hydrogen-bond acceptors (Lipinski definition) is 3. The van der Waals surface area contributed by atoms with Crippen molar-refractivity contribution in [2.45, 2.75) is 50.1 Å². The Morgan fingerprint density at radius 1 is 1.29 bits per heavy atom. The topological polar surface area (TPSA) is 39.1 Å². The first-order chi connectivity index (χ1) is 10.2. The lowest BCUT2D eigenvalue weighted by atomic mass is 9.62. The largest absolute Gasteiger partial charge is 0.310 e. The molecule has 0 amide bonds. The monoisotopic (exact) mass is 283 g/mol.